The van der Waals surface area contributed by atoms with E-state index in [0.717, 1.165) is 0 Å². The van der Waals surface area contributed by atoms with Gasteiger partial charge in [0.1, 0.15) is 5.92 Å². The largest absolute Gasteiger partial charge is 0.481 e. The highest BCUT2D eigenvalue weighted by atomic mass is 32.2. The number of pyridine rings is 1. The van der Waals surface area contributed by atoms with Crippen LogP contribution in [0.4, 0.5) is 0 Å². The Morgan fingerprint density at radius 2 is 2.24 bits per heavy atom. The van der Waals surface area contributed by atoms with E-state index in [1.54, 1.807) is 18.2 Å². The summed E-state index contributed by atoms with van der Waals surface area (Å²) in [4.78, 5) is 15.3. The minimum atomic E-state index is -3.07. The highest BCUT2D eigenvalue weighted by Gasteiger charge is 2.38. The molecule has 5 nitrogen and oxygen atoms in total. The normalized spacial score (nSPS) is 24.4. The molecule has 1 aliphatic rings. The third kappa shape index (κ3) is 2.63. The van der Waals surface area contributed by atoms with Gasteiger partial charge in [-0.25, -0.2) is 8.42 Å². The van der Waals surface area contributed by atoms with Crippen LogP contribution in [0.1, 0.15) is 18.0 Å². The predicted octanol–water partition coefficient (Wildman–Crippen LogP) is 0.685. The van der Waals surface area contributed by atoms with Crippen LogP contribution in [0.5, 0.6) is 0 Å². The Balaban J connectivity index is 2.29. The van der Waals surface area contributed by atoms with Crippen LogP contribution < -0.4 is 0 Å². The molecule has 1 saturated heterocycles. The van der Waals surface area contributed by atoms with E-state index in [1.165, 1.54) is 6.20 Å². The summed E-state index contributed by atoms with van der Waals surface area (Å²) in [5.41, 5.74) is 0.433. The first-order valence-electron chi connectivity index (χ1n) is 5.34. The maximum atomic E-state index is 11.4. The number of aliphatic carboxylic acids is 1. The number of sulfone groups is 1. The lowest BCUT2D eigenvalue weighted by molar-refractivity contribution is -0.140. The van der Waals surface area contributed by atoms with Gasteiger partial charge in [-0.3, -0.25) is 9.78 Å². The molecule has 1 fully saturated rings. The maximum absolute atomic E-state index is 11.4. The van der Waals surface area contributed by atoms with Crippen molar-refractivity contribution in [2.45, 2.75) is 12.3 Å². The van der Waals surface area contributed by atoms with E-state index in [-0.39, 0.29) is 17.4 Å². The molecule has 0 spiro atoms. The van der Waals surface area contributed by atoms with Crippen LogP contribution in [0.15, 0.2) is 24.4 Å². The third-order valence-electron chi connectivity index (χ3n) is 3.01. The first-order valence-corrected chi connectivity index (χ1v) is 7.16. The Kier molecular flexibility index (Phi) is 3.15. The van der Waals surface area contributed by atoms with Gasteiger partial charge in [0, 0.05) is 6.20 Å². The summed E-state index contributed by atoms with van der Waals surface area (Å²) < 4.78 is 22.8. The van der Waals surface area contributed by atoms with Crippen molar-refractivity contribution in [2.75, 3.05) is 11.5 Å². The van der Waals surface area contributed by atoms with E-state index in [9.17, 15) is 18.3 Å². The quantitative estimate of drug-likeness (QED) is 0.858. The summed E-state index contributed by atoms with van der Waals surface area (Å²) >= 11 is 0. The molecule has 2 unspecified atom stereocenters. The number of hydrogen-bond acceptors (Lipinski definition) is 4. The highest BCUT2D eigenvalue weighted by Crippen LogP contribution is 2.32. The van der Waals surface area contributed by atoms with E-state index < -0.39 is 21.7 Å². The van der Waals surface area contributed by atoms with Gasteiger partial charge in [-0.1, -0.05) is 6.07 Å². The summed E-state index contributed by atoms with van der Waals surface area (Å²) in [6.07, 6.45) is 1.92. The van der Waals surface area contributed by atoms with Crippen molar-refractivity contribution in [2.24, 2.45) is 5.92 Å². The minimum Gasteiger partial charge on any atom is -0.481 e. The Hall–Kier alpha value is -1.43. The standard InChI is InChI=1S/C11H13NO4S/c13-11(14)10(9-3-1-2-5-12-9)8-4-6-17(15,16)7-8/h1-3,5,8,10H,4,6-7H2,(H,13,14). The summed E-state index contributed by atoms with van der Waals surface area (Å²) in [7, 11) is -3.07. The van der Waals surface area contributed by atoms with Gasteiger partial charge < -0.3 is 5.11 Å². The zero-order valence-corrected chi connectivity index (χ0v) is 9.93. The van der Waals surface area contributed by atoms with E-state index in [0.29, 0.717) is 12.1 Å². The molecule has 0 bridgehead atoms. The molecular weight excluding hydrogens is 242 g/mol. The van der Waals surface area contributed by atoms with Gasteiger partial charge in [0.05, 0.1) is 17.2 Å². The van der Waals surface area contributed by atoms with E-state index >= 15 is 0 Å². The Labute approximate surface area is 99.4 Å². The molecular formula is C11H13NO4S. The van der Waals surface area contributed by atoms with Crippen molar-refractivity contribution < 1.29 is 18.3 Å². The number of carboxylic acid groups (broad SMARTS) is 1. The average Bonchev–Trinajstić information content (AvgIpc) is 2.60. The molecule has 0 aromatic carbocycles. The lowest BCUT2D eigenvalue weighted by Gasteiger charge is -2.17. The number of hydrogen-bond donors (Lipinski definition) is 1. The second-order valence-corrected chi connectivity index (χ2v) is 6.46. The molecule has 1 aliphatic heterocycles. The molecule has 0 saturated carbocycles. The first kappa shape index (κ1) is 12.0. The van der Waals surface area contributed by atoms with Crippen LogP contribution in [-0.2, 0) is 14.6 Å². The number of carbonyl (C=O) groups is 1. The van der Waals surface area contributed by atoms with Gasteiger partial charge in [0.15, 0.2) is 9.84 Å². The van der Waals surface area contributed by atoms with Crippen LogP contribution in [0, 0.1) is 5.92 Å². The molecule has 92 valence electrons. The predicted molar refractivity (Wildman–Crippen MR) is 61.4 cm³/mol. The molecule has 0 radical (unpaired) electrons. The maximum Gasteiger partial charge on any atom is 0.312 e. The molecule has 17 heavy (non-hydrogen) atoms. The lowest BCUT2D eigenvalue weighted by Crippen LogP contribution is -2.23. The van der Waals surface area contributed by atoms with Crippen molar-refractivity contribution in [1.29, 1.82) is 0 Å². The second-order valence-electron chi connectivity index (χ2n) is 4.23. The Morgan fingerprint density at radius 1 is 1.47 bits per heavy atom. The van der Waals surface area contributed by atoms with Crippen molar-refractivity contribution in [3.05, 3.63) is 30.1 Å². The summed E-state index contributed by atoms with van der Waals surface area (Å²) in [5, 5.41) is 9.22. The number of aromatic nitrogens is 1. The molecule has 2 atom stereocenters. The zero-order valence-electron chi connectivity index (χ0n) is 9.11. The molecule has 2 heterocycles. The van der Waals surface area contributed by atoms with Gasteiger partial charge in [-0.15, -0.1) is 0 Å². The van der Waals surface area contributed by atoms with Gasteiger partial charge in [-0.05, 0) is 24.5 Å². The number of carboxylic acids is 1. The minimum absolute atomic E-state index is 0.0550. The molecule has 0 amide bonds. The smallest absolute Gasteiger partial charge is 0.312 e. The first-order chi connectivity index (χ1) is 7.99. The van der Waals surface area contributed by atoms with Crippen LogP contribution in [-0.4, -0.2) is 36.0 Å². The molecule has 0 aliphatic carbocycles. The van der Waals surface area contributed by atoms with Gasteiger partial charge in [0.2, 0.25) is 0 Å². The molecule has 2 rings (SSSR count). The van der Waals surface area contributed by atoms with Gasteiger partial charge in [-0.2, -0.15) is 0 Å². The highest BCUT2D eigenvalue weighted by molar-refractivity contribution is 7.91. The lowest BCUT2D eigenvalue weighted by atomic mass is 9.89. The average molecular weight is 255 g/mol. The van der Waals surface area contributed by atoms with Gasteiger partial charge >= 0.3 is 5.97 Å². The molecule has 6 heteroatoms. The molecule has 1 N–H and O–H groups in total. The summed E-state index contributed by atoms with van der Waals surface area (Å²) in [6.45, 7) is 0. The second kappa shape index (κ2) is 4.44. The zero-order chi connectivity index (χ0) is 12.5. The van der Waals surface area contributed by atoms with Crippen molar-refractivity contribution in [3.63, 3.8) is 0 Å². The Bertz CT molecular complexity index is 512. The topological polar surface area (TPSA) is 84.3 Å². The van der Waals surface area contributed by atoms with Crippen molar-refractivity contribution in [1.82, 2.24) is 4.98 Å². The van der Waals surface area contributed by atoms with Crippen molar-refractivity contribution >= 4 is 15.8 Å². The van der Waals surface area contributed by atoms with Crippen LogP contribution in [0.25, 0.3) is 0 Å². The Morgan fingerprint density at radius 3 is 2.71 bits per heavy atom. The summed E-state index contributed by atoms with van der Waals surface area (Å²) in [5.74, 6) is -2.18. The molecule has 1 aromatic rings. The van der Waals surface area contributed by atoms with Crippen LogP contribution >= 0.6 is 0 Å². The monoisotopic (exact) mass is 255 g/mol. The number of rotatable bonds is 3. The SMILES string of the molecule is O=C(O)C(c1ccccn1)C1CCS(=O)(=O)C1. The van der Waals surface area contributed by atoms with Crippen LogP contribution in [0.2, 0.25) is 0 Å². The number of nitrogens with zero attached hydrogens (tertiary/aromatic N) is 1. The van der Waals surface area contributed by atoms with E-state index in [2.05, 4.69) is 4.98 Å². The summed E-state index contributed by atoms with van der Waals surface area (Å²) in [6, 6.07) is 5.04. The fraction of sp³-hybridized carbons (Fsp3) is 0.455. The fourth-order valence-corrected chi connectivity index (χ4v) is 4.06. The van der Waals surface area contributed by atoms with Crippen LogP contribution in [0.3, 0.4) is 0 Å². The van der Waals surface area contributed by atoms with E-state index in [1.807, 2.05) is 0 Å². The fourth-order valence-electron chi connectivity index (χ4n) is 2.22. The van der Waals surface area contributed by atoms with Crippen molar-refractivity contribution in [3.8, 4) is 0 Å². The van der Waals surface area contributed by atoms with E-state index in [4.69, 9.17) is 0 Å². The van der Waals surface area contributed by atoms with Gasteiger partial charge in [0.25, 0.3) is 0 Å². The molecule has 1 aromatic heterocycles. The third-order valence-corrected chi connectivity index (χ3v) is 4.81.